The number of oxime groups is 1. The number of nitrogens with zero attached hydrogens (tertiary/aromatic N) is 3. The maximum atomic E-state index is 13.5. The molecule has 6 heteroatoms. The lowest BCUT2D eigenvalue weighted by molar-refractivity contribution is 0.318. The number of likely N-dealkylation sites (N-methyl/N-ethyl adjacent to an activating group) is 1. The SMILES string of the molecule is CC(C)CN(CCN(C)C)c1ccc(F)cc1C(N)=NO. The predicted molar refractivity (Wildman–Crippen MR) is 84.5 cm³/mol. The Morgan fingerprint density at radius 2 is 2.00 bits per heavy atom. The van der Waals surface area contributed by atoms with E-state index >= 15 is 0 Å². The van der Waals surface area contributed by atoms with Gasteiger partial charge in [0.25, 0.3) is 0 Å². The molecule has 0 saturated heterocycles. The van der Waals surface area contributed by atoms with Crippen molar-refractivity contribution in [3.63, 3.8) is 0 Å². The van der Waals surface area contributed by atoms with Gasteiger partial charge in [0.1, 0.15) is 5.82 Å². The van der Waals surface area contributed by atoms with Crippen molar-refractivity contribution in [2.75, 3.05) is 38.6 Å². The summed E-state index contributed by atoms with van der Waals surface area (Å²) in [4.78, 5) is 4.22. The fraction of sp³-hybridized carbons (Fsp3) is 0.533. The van der Waals surface area contributed by atoms with Crippen molar-refractivity contribution in [1.82, 2.24) is 4.90 Å². The predicted octanol–water partition coefficient (Wildman–Crippen LogP) is 1.94. The smallest absolute Gasteiger partial charge is 0.172 e. The van der Waals surface area contributed by atoms with E-state index in [1.54, 1.807) is 6.07 Å². The molecule has 0 fully saturated rings. The van der Waals surface area contributed by atoms with Crippen molar-refractivity contribution in [2.24, 2.45) is 16.8 Å². The number of rotatable bonds is 7. The Balaban J connectivity index is 3.16. The van der Waals surface area contributed by atoms with Crippen molar-refractivity contribution in [3.8, 4) is 0 Å². The zero-order chi connectivity index (χ0) is 16.0. The van der Waals surface area contributed by atoms with Gasteiger partial charge < -0.3 is 20.7 Å². The normalized spacial score (nSPS) is 12.2. The van der Waals surface area contributed by atoms with Crippen molar-refractivity contribution in [3.05, 3.63) is 29.6 Å². The van der Waals surface area contributed by atoms with Gasteiger partial charge in [-0.3, -0.25) is 0 Å². The highest BCUT2D eigenvalue weighted by Gasteiger charge is 2.16. The van der Waals surface area contributed by atoms with Crippen LogP contribution in [0.3, 0.4) is 0 Å². The van der Waals surface area contributed by atoms with Gasteiger partial charge in [0.2, 0.25) is 0 Å². The second-order valence-corrected chi connectivity index (χ2v) is 5.79. The van der Waals surface area contributed by atoms with E-state index in [1.807, 2.05) is 14.1 Å². The highest BCUT2D eigenvalue weighted by atomic mass is 19.1. The first-order valence-corrected chi connectivity index (χ1v) is 7.02. The highest BCUT2D eigenvalue weighted by molar-refractivity contribution is 6.02. The van der Waals surface area contributed by atoms with Gasteiger partial charge in [-0.05, 0) is 38.2 Å². The van der Waals surface area contributed by atoms with Crippen LogP contribution in [-0.4, -0.2) is 49.7 Å². The zero-order valence-corrected chi connectivity index (χ0v) is 13.2. The highest BCUT2D eigenvalue weighted by Crippen LogP contribution is 2.22. The first-order chi connectivity index (χ1) is 9.85. The fourth-order valence-corrected chi connectivity index (χ4v) is 2.11. The number of hydrogen-bond donors (Lipinski definition) is 2. The van der Waals surface area contributed by atoms with Crippen LogP contribution in [0.2, 0.25) is 0 Å². The molecule has 0 aromatic heterocycles. The lowest BCUT2D eigenvalue weighted by atomic mass is 10.1. The van der Waals surface area contributed by atoms with Crippen LogP contribution in [0.25, 0.3) is 0 Å². The van der Waals surface area contributed by atoms with Crippen molar-refractivity contribution < 1.29 is 9.60 Å². The molecular formula is C15H25FN4O. The standard InChI is InChI=1S/C15H25FN4O/c1-11(2)10-20(8-7-19(3)4)14-6-5-12(16)9-13(14)15(17)18-21/h5-6,9,11,21H,7-8,10H2,1-4H3,(H2,17,18). The summed E-state index contributed by atoms with van der Waals surface area (Å²) in [6.07, 6.45) is 0. The van der Waals surface area contributed by atoms with Crippen LogP contribution in [0.4, 0.5) is 10.1 Å². The molecule has 1 aromatic rings. The third kappa shape index (κ3) is 5.23. The molecule has 0 bridgehead atoms. The first kappa shape index (κ1) is 17.2. The topological polar surface area (TPSA) is 65.1 Å². The minimum Gasteiger partial charge on any atom is -0.409 e. The van der Waals surface area contributed by atoms with Crippen LogP contribution < -0.4 is 10.6 Å². The van der Waals surface area contributed by atoms with Gasteiger partial charge in [-0.25, -0.2) is 4.39 Å². The molecule has 5 nitrogen and oxygen atoms in total. The molecule has 1 aromatic carbocycles. The summed E-state index contributed by atoms with van der Waals surface area (Å²) in [7, 11) is 4.01. The second-order valence-electron chi connectivity index (χ2n) is 5.79. The Morgan fingerprint density at radius 3 is 2.52 bits per heavy atom. The molecule has 0 aliphatic rings. The van der Waals surface area contributed by atoms with E-state index in [0.717, 1.165) is 25.3 Å². The number of amidine groups is 1. The quantitative estimate of drug-likeness (QED) is 0.349. The number of hydrogen-bond acceptors (Lipinski definition) is 4. The Kier molecular flexibility index (Phi) is 6.42. The number of anilines is 1. The van der Waals surface area contributed by atoms with E-state index in [-0.39, 0.29) is 5.84 Å². The van der Waals surface area contributed by atoms with E-state index in [4.69, 9.17) is 10.9 Å². The average molecular weight is 296 g/mol. The van der Waals surface area contributed by atoms with Crippen LogP contribution in [0.1, 0.15) is 19.4 Å². The Hall–Kier alpha value is -1.82. The van der Waals surface area contributed by atoms with Crippen molar-refractivity contribution >= 4 is 11.5 Å². The van der Waals surface area contributed by atoms with Crippen molar-refractivity contribution in [2.45, 2.75) is 13.8 Å². The molecule has 0 spiro atoms. The first-order valence-electron chi connectivity index (χ1n) is 7.02. The lowest BCUT2D eigenvalue weighted by Gasteiger charge is -2.29. The molecule has 3 N–H and O–H groups in total. The lowest BCUT2D eigenvalue weighted by Crippen LogP contribution is -2.36. The molecule has 118 valence electrons. The van der Waals surface area contributed by atoms with Crippen LogP contribution in [0.15, 0.2) is 23.4 Å². The molecule has 21 heavy (non-hydrogen) atoms. The number of benzene rings is 1. The molecule has 0 aliphatic heterocycles. The Labute approximate surface area is 125 Å². The summed E-state index contributed by atoms with van der Waals surface area (Å²) in [5.74, 6) is -0.0436. The largest absolute Gasteiger partial charge is 0.409 e. The molecule has 0 amide bonds. The molecule has 0 aliphatic carbocycles. The number of nitrogens with two attached hydrogens (primary N) is 1. The average Bonchev–Trinajstić information content (AvgIpc) is 2.42. The number of halogens is 1. The summed E-state index contributed by atoms with van der Waals surface area (Å²) < 4.78 is 13.5. The fourth-order valence-electron chi connectivity index (χ4n) is 2.11. The van der Waals surface area contributed by atoms with E-state index < -0.39 is 5.82 Å². The van der Waals surface area contributed by atoms with Gasteiger partial charge >= 0.3 is 0 Å². The van der Waals surface area contributed by atoms with E-state index in [2.05, 4.69) is 28.8 Å². The zero-order valence-electron chi connectivity index (χ0n) is 13.2. The van der Waals surface area contributed by atoms with Gasteiger partial charge in [-0.15, -0.1) is 0 Å². The van der Waals surface area contributed by atoms with E-state index in [9.17, 15) is 4.39 Å². The van der Waals surface area contributed by atoms with Crippen LogP contribution in [0, 0.1) is 11.7 Å². The van der Waals surface area contributed by atoms with Gasteiger partial charge in [-0.1, -0.05) is 19.0 Å². The molecule has 0 saturated carbocycles. The molecule has 0 heterocycles. The minimum atomic E-state index is -0.405. The third-order valence-corrected chi connectivity index (χ3v) is 3.09. The van der Waals surface area contributed by atoms with Crippen molar-refractivity contribution in [1.29, 1.82) is 0 Å². The van der Waals surface area contributed by atoms with Crippen LogP contribution in [-0.2, 0) is 0 Å². The molecular weight excluding hydrogens is 271 g/mol. The van der Waals surface area contributed by atoms with Gasteiger partial charge in [-0.2, -0.15) is 0 Å². The Bertz CT molecular complexity index is 489. The summed E-state index contributed by atoms with van der Waals surface area (Å²) in [6.45, 7) is 6.69. The molecule has 0 atom stereocenters. The van der Waals surface area contributed by atoms with Crippen LogP contribution in [0.5, 0.6) is 0 Å². The maximum absolute atomic E-state index is 13.5. The third-order valence-electron chi connectivity index (χ3n) is 3.09. The van der Waals surface area contributed by atoms with Crippen LogP contribution >= 0.6 is 0 Å². The van der Waals surface area contributed by atoms with Gasteiger partial charge in [0, 0.05) is 30.9 Å². The summed E-state index contributed by atoms with van der Waals surface area (Å²) in [5.41, 5.74) is 6.88. The van der Waals surface area contributed by atoms with Gasteiger partial charge in [0.15, 0.2) is 5.84 Å². The minimum absolute atomic E-state index is 0.0805. The van der Waals surface area contributed by atoms with Gasteiger partial charge in [0.05, 0.1) is 0 Å². The molecule has 0 unspecified atom stereocenters. The maximum Gasteiger partial charge on any atom is 0.172 e. The Morgan fingerprint density at radius 1 is 1.33 bits per heavy atom. The second kappa shape index (κ2) is 7.83. The van der Waals surface area contributed by atoms with E-state index in [0.29, 0.717) is 11.5 Å². The summed E-state index contributed by atoms with van der Waals surface area (Å²) in [5, 5.41) is 11.9. The summed E-state index contributed by atoms with van der Waals surface area (Å²) in [6, 6.07) is 4.38. The monoisotopic (exact) mass is 296 g/mol. The molecule has 1 rings (SSSR count). The summed E-state index contributed by atoms with van der Waals surface area (Å²) >= 11 is 0. The molecule has 0 radical (unpaired) electrons. The van der Waals surface area contributed by atoms with E-state index in [1.165, 1.54) is 12.1 Å².